The zero-order valence-electron chi connectivity index (χ0n) is 15.1. The Balaban J connectivity index is 1.49. The van der Waals surface area contributed by atoms with Gasteiger partial charge in [-0.2, -0.15) is 0 Å². The normalized spacial score (nSPS) is 18.2. The van der Waals surface area contributed by atoms with Crippen molar-refractivity contribution < 1.29 is 0 Å². The Morgan fingerprint density at radius 2 is 2.19 bits per heavy atom. The second kappa shape index (κ2) is 7.51. The average Bonchev–Trinajstić information content (AvgIpc) is 3.26. The number of thiazole rings is 1. The molecule has 1 unspecified atom stereocenters. The molecule has 0 aliphatic carbocycles. The average molecular weight is 369 g/mol. The fourth-order valence-electron chi connectivity index (χ4n) is 3.37. The number of likely N-dealkylation sites (tertiary alicyclic amines) is 1. The van der Waals surface area contributed by atoms with Crippen LogP contribution in [-0.2, 0) is 6.54 Å². The highest BCUT2D eigenvalue weighted by molar-refractivity contribution is 7.13. The van der Waals surface area contributed by atoms with Gasteiger partial charge in [0.15, 0.2) is 5.13 Å². The molecular formula is C18H23N7S. The summed E-state index contributed by atoms with van der Waals surface area (Å²) in [6.45, 7) is 6.91. The molecule has 4 rings (SSSR count). The maximum absolute atomic E-state index is 4.79. The number of aromatic amines is 1. The van der Waals surface area contributed by atoms with Crippen molar-refractivity contribution in [2.45, 2.75) is 39.2 Å². The SMILES string of the molecule is Cc1cc(Nc2nc(C)cs2)nc(C2CCCN(Cc3ncc[nH]3)C2)n1. The Morgan fingerprint density at radius 1 is 1.27 bits per heavy atom. The summed E-state index contributed by atoms with van der Waals surface area (Å²) in [4.78, 5) is 23.9. The molecule has 0 radical (unpaired) electrons. The zero-order valence-corrected chi connectivity index (χ0v) is 15.9. The first-order valence-corrected chi connectivity index (χ1v) is 9.79. The largest absolute Gasteiger partial charge is 0.348 e. The molecule has 1 fully saturated rings. The van der Waals surface area contributed by atoms with Crippen LogP contribution in [0.5, 0.6) is 0 Å². The van der Waals surface area contributed by atoms with E-state index in [4.69, 9.17) is 9.97 Å². The number of hydrogen-bond donors (Lipinski definition) is 2. The summed E-state index contributed by atoms with van der Waals surface area (Å²) >= 11 is 1.59. The van der Waals surface area contributed by atoms with Crippen LogP contribution in [0.4, 0.5) is 10.9 Å². The molecule has 7 nitrogen and oxygen atoms in total. The highest BCUT2D eigenvalue weighted by Crippen LogP contribution is 2.27. The van der Waals surface area contributed by atoms with E-state index in [1.807, 2.05) is 31.5 Å². The van der Waals surface area contributed by atoms with E-state index in [2.05, 4.69) is 25.2 Å². The van der Waals surface area contributed by atoms with Gasteiger partial charge >= 0.3 is 0 Å². The van der Waals surface area contributed by atoms with Crippen molar-refractivity contribution in [1.29, 1.82) is 0 Å². The first-order valence-electron chi connectivity index (χ1n) is 8.91. The Kier molecular flexibility index (Phi) is 4.94. The van der Waals surface area contributed by atoms with Crippen molar-refractivity contribution in [1.82, 2.24) is 29.8 Å². The quantitative estimate of drug-likeness (QED) is 0.717. The van der Waals surface area contributed by atoms with Gasteiger partial charge in [0.1, 0.15) is 17.5 Å². The van der Waals surface area contributed by atoms with Crippen LogP contribution in [0.15, 0.2) is 23.8 Å². The second-order valence-corrected chi connectivity index (χ2v) is 7.64. The summed E-state index contributed by atoms with van der Waals surface area (Å²) in [7, 11) is 0. The zero-order chi connectivity index (χ0) is 17.9. The van der Waals surface area contributed by atoms with Crippen molar-refractivity contribution in [2.24, 2.45) is 0 Å². The lowest BCUT2D eigenvalue weighted by atomic mass is 9.97. The highest BCUT2D eigenvalue weighted by atomic mass is 32.1. The van der Waals surface area contributed by atoms with E-state index in [-0.39, 0.29) is 0 Å². The third-order valence-electron chi connectivity index (χ3n) is 4.52. The standard InChI is InChI=1S/C18H23N7S/c1-12-8-15(24-18-22-13(2)11-26-18)23-17(21-12)14-4-3-7-25(9-14)10-16-19-5-6-20-16/h5-6,8,11,14H,3-4,7,9-10H2,1-2H3,(H,19,20)(H,21,22,23,24). The van der Waals surface area contributed by atoms with Gasteiger partial charge in [-0.25, -0.2) is 19.9 Å². The lowest BCUT2D eigenvalue weighted by Crippen LogP contribution is -2.35. The molecule has 1 saturated heterocycles. The van der Waals surface area contributed by atoms with E-state index in [1.54, 1.807) is 17.5 Å². The van der Waals surface area contributed by atoms with Crippen LogP contribution in [-0.4, -0.2) is 42.9 Å². The van der Waals surface area contributed by atoms with Gasteiger partial charge in [0.25, 0.3) is 0 Å². The van der Waals surface area contributed by atoms with Crippen LogP contribution < -0.4 is 5.32 Å². The van der Waals surface area contributed by atoms with Crippen molar-refractivity contribution in [3.63, 3.8) is 0 Å². The molecule has 4 heterocycles. The van der Waals surface area contributed by atoms with Gasteiger partial charge in [-0.15, -0.1) is 11.3 Å². The summed E-state index contributed by atoms with van der Waals surface area (Å²) in [5, 5.41) is 6.22. The van der Waals surface area contributed by atoms with E-state index in [1.165, 1.54) is 0 Å². The van der Waals surface area contributed by atoms with Crippen LogP contribution in [0.3, 0.4) is 0 Å². The molecule has 0 spiro atoms. The number of imidazole rings is 1. The van der Waals surface area contributed by atoms with Gasteiger partial charge in [0.05, 0.1) is 12.2 Å². The number of piperidine rings is 1. The molecule has 136 valence electrons. The monoisotopic (exact) mass is 369 g/mol. The van der Waals surface area contributed by atoms with E-state index in [0.29, 0.717) is 5.92 Å². The molecule has 3 aromatic rings. The van der Waals surface area contributed by atoms with Crippen molar-refractivity contribution in [3.8, 4) is 0 Å². The van der Waals surface area contributed by atoms with Crippen molar-refractivity contribution in [3.05, 3.63) is 46.9 Å². The molecule has 1 atom stereocenters. The van der Waals surface area contributed by atoms with Crippen molar-refractivity contribution >= 4 is 22.3 Å². The topological polar surface area (TPSA) is 82.6 Å². The number of rotatable bonds is 5. The van der Waals surface area contributed by atoms with Gasteiger partial charge < -0.3 is 10.3 Å². The first kappa shape index (κ1) is 17.1. The summed E-state index contributed by atoms with van der Waals surface area (Å²) in [6, 6.07) is 1.98. The molecule has 3 aromatic heterocycles. The Hall–Kier alpha value is -2.32. The molecule has 0 saturated carbocycles. The Labute approximate surface area is 156 Å². The highest BCUT2D eigenvalue weighted by Gasteiger charge is 2.24. The summed E-state index contributed by atoms with van der Waals surface area (Å²) in [6.07, 6.45) is 5.95. The van der Waals surface area contributed by atoms with Gasteiger partial charge in [-0.1, -0.05) is 0 Å². The Morgan fingerprint density at radius 3 is 2.96 bits per heavy atom. The fraction of sp³-hybridized carbons (Fsp3) is 0.444. The van der Waals surface area contributed by atoms with Crippen LogP contribution in [0, 0.1) is 13.8 Å². The molecule has 0 aromatic carbocycles. The third-order valence-corrected chi connectivity index (χ3v) is 5.40. The van der Waals surface area contributed by atoms with Crippen LogP contribution >= 0.6 is 11.3 Å². The number of H-pyrrole nitrogens is 1. The van der Waals surface area contributed by atoms with E-state index >= 15 is 0 Å². The minimum atomic E-state index is 0.345. The smallest absolute Gasteiger partial charge is 0.188 e. The number of nitrogens with zero attached hydrogens (tertiary/aromatic N) is 5. The second-order valence-electron chi connectivity index (χ2n) is 6.78. The minimum Gasteiger partial charge on any atom is -0.348 e. The predicted octanol–water partition coefficient (Wildman–Crippen LogP) is 3.40. The molecule has 26 heavy (non-hydrogen) atoms. The van der Waals surface area contributed by atoms with Crippen LogP contribution in [0.2, 0.25) is 0 Å². The summed E-state index contributed by atoms with van der Waals surface area (Å²) in [5.41, 5.74) is 2.00. The third kappa shape index (κ3) is 4.08. The van der Waals surface area contributed by atoms with Gasteiger partial charge in [-0.3, -0.25) is 4.90 Å². The summed E-state index contributed by atoms with van der Waals surface area (Å²) < 4.78 is 0. The van der Waals surface area contributed by atoms with Crippen molar-refractivity contribution in [2.75, 3.05) is 18.4 Å². The predicted molar refractivity (Wildman–Crippen MR) is 103 cm³/mol. The number of aryl methyl sites for hydroxylation is 2. The van der Waals surface area contributed by atoms with E-state index in [0.717, 1.165) is 66.5 Å². The molecular weight excluding hydrogens is 346 g/mol. The number of nitrogens with one attached hydrogen (secondary N) is 2. The van der Waals surface area contributed by atoms with E-state index in [9.17, 15) is 0 Å². The Bertz CT molecular complexity index is 858. The molecule has 1 aliphatic rings. The van der Waals surface area contributed by atoms with Crippen LogP contribution in [0.25, 0.3) is 0 Å². The van der Waals surface area contributed by atoms with Gasteiger partial charge in [-0.05, 0) is 33.2 Å². The fourth-order valence-corrected chi connectivity index (χ4v) is 4.06. The molecule has 2 N–H and O–H groups in total. The molecule has 0 amide bonds. The van der Waals surface area contributed by atoms with Gasteiger partial charge in [0.2, 0.25) is 0 Å². The minimum absolute atomic E-state index is 0.345. The molecule has 0 bridgehead atoms. The lowest BCUT2D eigenvalue weighted by Gasteiger charge is -2.31. The number of aromatic nitrogens is 5. The molecule has 8 heteroatoms. The van der Waals surface area contributed by atoms with Gasteiger partial charge in [0, 0.05) is 42.0 Å². The van der Waals surface area contributed by atoms with Crippen LogP contribution in [0.1, 0.15) is 41.8 Å². The number of hydrogen-bond acceptors (Lipinski definition) is 7. The maximum Gasteiger partial charge on any atom is 0.188 e. The first-order chi connectivity index (χ1) is 12.7. The lowest BCUT2D eigenvalue weighted by molar-refractivity contribution is 0.192. The van der Waals surface area contributed by atoms with E-state index < -0.39 is 0 Å². The summed E-state index contributed by atoms with van der Waals surface area (Å²) in [5.74, 6) is 3.10. The maximum atomic E-state index is 4.79. The number of anilines is 2. The molecule has 1 aliphatic heterocycles.